The summed E-state index contributed by atoms with van der Waals surface area (Å²) in [6.45, 7) is 0. The van der Waals surface area contributed by atoms with Gasteiger partial charge in [-0.2, -0.15) is 0 Å². The lowest BCUT2D eigenvalue weighted by molar-refractivity contribution is 1.62. The fraction of sp³-hybridized carbons (Fsp3) is 0. The highest BCUT2D eigenvalue weighted by Crippen LogP contribution is 2.46. The Kier molecular flexibility index (Phi) is 5.24. The molecule has 186 valence electrons. The second kappa shape index (κ2) is 9.22. The minimum Gasteiger partial charge on any atom is -0.0616 e. The number of benzene rings is 8. The Bertz CT molecular complexity index is 2060. The van der Waals surface area contributed by atoms with Crippen molar-refractivity contribution in [2.45, 2.75) is 0 Å². The molecule has 0 fully saturated rings. The van der Waals surface area contributed by atoms with Crippen molar-refractivity contribution < 1.29 is 0 Å². The Hall–Kier alpha value is -5.20. The van der Waals surface area contributed by atoms with Crippen molar-refractivity contribution >= 4 is 43.1 Å². The summed E-state index contributed by atoms with van der Waals surface area (Å²) in [4.78, 5) is 0. The molecule has 0 amide bonds. The van der Waals surface area contributed by atoms with Crippen LogP contribution in [-0.2, 0) is 0 Å². The lowest BCUT2D eigenvalue weighted by atomic mass is 9.83. The highest BCUT2D eigenvalue weighted by Gasteiger charge is 2.19. The van der Waals surface area contributed by atoms with E-state index in [0.717, 1.165) is 0 Å². The van der Waals surface area contributed by atoms with Gasteiger partial charge in [0.2, 0.25) is 0 Å². The van der Waals surface area contributed by atoms with Crippen LogP contribution in [0.2, 0.25) is 0 Å². The van der Waals surface area contributed by atoms with Gasteiger partial charge in [-0.15, -0.1) is 0 Å². The molecule has 0 radical (unpaired) electrons. The van der Waals surface area contributed by atoms with Gasteiger partial charge in [-0.25, -0.2) is 0 Å². The molecule has 0 saturated heterocycles. The van der Waals surface area contributed by atoms with Crippen molar-refractivity contribution in [2.75, 3.05) is 0 Å². The summed E-state index contributed by atoms with van der Waals surface area (Å²) < 4.78 is 0. The predicted molar refractivity (Wildman–Crippen MR) is 173 cm³/mol. The largest absolute Gasteiger partial charge is 0.0616 e. The summed E-state index contributed by atoms with van der Waals surface area (Å²) in [5.74, 6) is 0. The molecule has 0 unspecified atom stereocenters. The van der Waals surface area contributed by atoms with Crippen LogP contribution in [0.3, 0.4) is 0 Å². The molecular weight excluding hydrogens is 480 g/mol. The van der Waals surface area contributed by atoms with Gasteiger partial charge in [-0.1, -0.05) is 146 Å². The average molecular weight is 507 g/mol. The first-order valence-electron chi connectivity index (χ1n) is 13.9. The Morgan fingerprint density at radius 1 is 0.250 bits per heavy atom. The van der Waals surface area contributed by atoms with Crippen LogP contribution in [0, 0.1) is 0 Å². The van der Waals surface area contributed by atoms with Crippen molar-refractivity contribution in [3.8, 4) is 33.4 Å². The standard InChI is InChI=1S/C40H26/c1-3-13-31-25-33(19-17-27(31)9-1)37-23-21-29-11-5-7-15-35(29)39(37)40-36-16-8-6-12-30(36)22-24-38(40)34-20-18-28-10-2-4-14-32(28)26-34/h1-26H. The van der Waals surface area contributed by atoms with E-state index in [-0.39, 0.29) is 0 Å². The van der Waals surface area contributed by atoms with Crippen molar-refractivity contribution in [1.82, 2.24) is 0 Å². The molecule has 8 rings (SSSR count). The first-order chi connectivity index (χ1) is 19.8. The highest BCUT2D eigenvalue weighted by molar-refractivity contribution is 6.15. The smallest absolute Gasteiger partial charge is 0.00143 e. The molecule has 8 aromatic rings. The summed E-state index contributed by atoms with van der Waals surface area (Å²) in [5.41, 5.74) is 7.54. The van der Waals surface area contributed by atoms with Crippen molar-refractivity contribution in [1.29, 1.82) is 0 Å². The molecule has 0 aromatic heterocycles. The van der Waals surface area contributed by atoms with Gasteiger partial charge in [-0.3, -0.25) is 0 Å². The molecular formula is C40H26. The van der Waals surface area contributed by atoms with Crippen LogP contribution >= 0.6 is 0 Å². The quantitative estimate of drug-likeness (QED) is 0.223. The van der Waals surface area contributed by atoms with Crippen LogP contribution in [0.15, 0.2) is 158 Å². The summed E-state index contributed by atoms with van der Waals surface area (Å²) in [6.07, 6.45) is 0. The lowest BCUT2D eigenvalue weighted by Crippen LogP contribution is -1.93. The van der Waals surface area contributed by atoms with Crippen LogP contribution < -0.4 is 0 Å². The van der Waals surface area contributed by atoms with E-state index in [1.807, 2.05) is 0 Å². The summed E-state index contributed by atoms with van der Waals surface area (Å²) in [7, 11) is 0. The van der Waals surface area contributed by atoms with Crippen molar-refractivity contribution in [3.63, 3.8) is 0 Å². The van der Waals surface area contributed by atoms with Gasteiger partial charge in [-0.05, 0) is 88.6 Å². The van der Waals surface area contributed by atoms with Crippen molar-refractivity contribution in [3.05, 3.63) is 158 Å². The molecule has 0 aliphatic rings. The van der Waals surface area contributed by atoms with Crippen LogP contribution in [0.1, 0.15) is 0 Å². The Morgan fingerprint density at radius 3 is 1.05 bits per heavy atom. The van der Waals surface area contributed by atoms with Gasteiger partial charge < -0.3 is 0 Å². The average Bonchev–Trinajstić information content (AvgIpc) is 3.03. The highest BCUT2D eigenvalue weighted by atomic mass is 14.2. The third kappa shape index (κ3) is 3.69. The van der Waals surface area contributed by atoms with Gasteiger partial charge in [0, 0.05) is 0 Å². The van der Waals surface area contributed by atoms with Crippen LogP contribution in [0.25, 0.3) is 76.5 Å². The van der Waals surface area contributed by atoms with E-state index in [1.54, 1.807) is 0 Å². The molecule has 0 aliphatic heterocycles. The van der Waals surface area contributed by atoms with E-state index in [2.05, 4.69) is 158 Å². The molecule has 0 aliphatic carbocycles. The fourth-order valence-electron chi connectivity index (χ4n) is 6.28. The maximum Gasteiger partial charge on any atom is -0.00143 e. The Morgan fingerprint density at radius 2 is 0.600 bits per heavy atom. The first-order valence-corrected chi connectivity index (χ1v) is 13.9. The predicted octanol–water partition coefficient (Wildman–Crippen LogP) is 11.3. The fourth-order valence-corrected chi connectivity index (χ4v) is 6.28. The van der Waals surface area contributed by atoms with Crippen LogP contribution in [0.4, 0.5) is 0 Å². The molecule has 0 heterocycles. The monoisotopic (exact) mass is 506 g/mol. The molecule has 0 bridgehead atoms. The molecule has 0 N–H and O–H groups in total. The van der Waals surface area contributed by atoms with E-state index in [4.69, 9.17) is 0 Å². The van der Waals surface area contributed by atoms with Crippen LogP contribution in [-0.4, -0.2) is 0 Å². The zero-order valence-electron chi connectivity index (χ0n) is 22.0. The zero-order valence-corrected chi connectivity index (χ0v) is 22.0. The molecule has 0 spiro atoms. The molecule has 0 atom stereocenters. The van der Waals surface area contributed by atoms with Gasteiger partial charge in [0.1, 0.15) is 0 Å². The number of hydrogen-bond donors (Lipinski definition) is 0. The molecule has 40 heavy (non-hydrogen) atoms. The van der Waals surface area contributed by atoms with Gasteiger partial charge in [0.15, 0.2) is 0 Å². The van der Waals surface area contributed by atoms with Crippen LogP contribution in [0.5, 0.6) is 0 Å². The third-order valence-electron chi connectivity index (χ3n) is 8.23. The Labute approximate surface area is 233 Å². The number of rotatable bonds is 3. The maximum atomic E-state index is 2.34. The van der Waals surface area contributed by atoms with Crippen molar-refractivity contribution in [2.24, 2.45) is 0 Å². The minimum absolute atomic E-state index is 1.23. The number of fused-ring (bicyclic) bond motifs is 4. The van der Waals surface area contributed by atoms with E-state index in [0.29, 0.717) is 0 Å². The normalized spacial score (nSPS) is 11.5. The third-order valence-corrected chi connectivity index (χ3v) is 8.23. The van der Waals surface area contributed by atoms with E-state index in [9.17, 15) is 0 Å². The van der Waals surface area contributed by atoms with Gasteiger partial charge in [0.05, 0.1) is 0 Å². The molecule has 0 saturated carbocycles. The molecule has 8 aromatic carbocycles. The maximum absolute atomic E-state index is 2.34. The summed E-state index contributed by atoms with van der Waals surface area (Å²) >= 11 is 0. The SMILES string of the molecule is c1ccc2cc(-c3ccc4ccccc4c3-c3c(-c4ccc5ccccc5c4)ccc4ccccc34)ccc2c1. The molecule has 0 nitrogen and oxygen atoms in total. The minimum atomic E-state index is 1.23. The van der Waals surface area contributed by atoms with E-state index in [1.165, 1.54) is 76.5 Å². The Balaban J connectivity index is 1.51. The second-order valence-electron chi connectivity index (χ2n) is 10.5. The zero-order chi connectivity index (χ0) is 26.5. The van der Waals surface area contributed by atoms with E-state index < -0.39 is 0 Å². The summed E-state index contributed by atoms with van der Waals surface area (Å²) in [5, 5.41) is 10.1. The van der Waals surface area contributed by atoms with E-state index >= 15 is 0 Å². The lowest BCUT2D eigenvalue weighted by Gasteiger charge is -2.20. The second-order valence-corrected chi connectivity index (χ2v) is 10.5. The van der Waals surface area contributed by atoms with Gasteiger partial charge in [0.25, 0.3) is 0 Å². The number of hydrogen-bond acceptors (Lipinski definition) is 0. The topological polar surface area (TPSA) is 0 Å². The summed E-state index contributed by atoms with van der Waals surface area (Å²) in [6, 6.07) is 57.7. The molecule has 0 heteroatoms. The first kappa shape index (κ1) is 22.8. The van der Waals surface area contributed by atoms with Gasteiger partial charge >= 0.3 is 0 Å².